The second-order valence-corrected chi connectivity index (χ2v) is 5.04. The van der Waals surface area contributed by atoms with Crippen molar-refractivity contribution in [2.24, 2.45) is 0 Å². The molecule has 4 nitrogen and oxygen atoms in total. The van der Waals surface area contributed by atoms with E-state index in [4.69, 9.17) is 4.74 Å². The van der Waals surface area contributed by atoms with Gasteiger partial charge in [-0.2, -0.15) is 5.10 Å². The van der Waals surface area contributed by atoms with Crippen molar-refractivity contribution in [1.82, 2.24) is 15.1 Å². The summed E-state index contributed by atoms with van der Waals surface area (Å²) >= 11 is 0. The summed E-state index contributed by atoms with van der Waals surface area (Å²) in [6.45, 7) is 7.07. The smallest absolute Gasteiger partial charge is 0.0699 e. The van der Waals surface area contributed by atoms with E-state index in [9.17, 15) is 0 Å². The maximum Gasteiger partial charge on any atom is 0.0699 e. The third kappa shape index (κ3) is 4.13. The summed E-state index contributed by atoms with van der Waals surface area (Å²) in [5, 5.41) is 7.82. The van der Waals surface area contributed by atoms with E-state index in [1.807, 2.05) is 10.9 Å². The largest absolute Gasteiger partial charge is 0.377 e. The number of ether oxygens (including phenoxy) is 1. The first-order valence-electron chi connectivity index (χ1n) is 6.58. The molecule has 1 N–H and O–H groups in total. The number of nitrogens with zero attached hydrogens (tertiary/aromatic N) is 2. The maximum atomic E-state index is 5.70. The van der Waals surface area contributed by atoms with Gasteiger partial charge in [0.1, 0.15) is 0 Å². The highest BCUT2D eigenvalue weighted by Gasteiger charge is 2.14. The fraction of sp³-hybridized carbons (Fsp3) is 0.769. The average Bonchev–Trinajstić information content (AvgIpc) is 2.73. The van der Waals surface area contributed by atoms with Crippen LogP contribution in [0.15, 0.2) is 12.4 Å². The van der Waals surface area contributed by atoms with E-state index < -0.39 is 0 Å². The number of hydrogen-bond acceptors (Lipinski definition) is 3. The molecule has 17 heavy (non-hydrogen) atoms. The molecule has 4 heteroatoms. The molecule has 0 radical (unpaired) electrons. The van der Waals surface area contributed by atoms with Crippen molar-refractivity contribution in [2.45, 2.75) is 51.8 Å². The molecule has 1 aromatic rings. The predicted molar refractivity (Wildman–Crippen MR) is 68.0 cm³/mol. The number of aromatic nitrogens is 2. The highest BCUT2D eigenvalue weighted by Crippen LogP contribution is 2.11. The molecule has 2 rings (SSSR count). The Balaban J connectivity index is 1.68. The Kier molecular flexibility index (Phi) is 4.57. The molecule has 1 aliphatic rings. The van der Waals surface area contributed by atoms with E-state index in [1.165, 1.54) is 24.8 Å². The molecule has 0 spiro atoms. The van der Waals surface area contributed by atoms with Crippen LogP contribution in [0.2, 0.25) is 0 Å². The van der Waals surface area contributed by atoms with Gasteiger partial charge in [0.15, 0.2) is 0 Å². The number of hydrogen-bond donors (Lipinski definition) is 1. The zero-order valence-electron chi connectivity index (χ0n) is 10.9. The molecule has 0 bridgehead atoms. The molecule has 1 aliphatic heterocycles. The molecule has 96 valence electrons. The predicted octanol–water partition coefficient (Wildman–Crippen LogP) is 1.74. The molecular formula is C13H23N3O. The van der Waals surface area contributed by atoms with Crippen LogP contribution in [-0.4, -0.2) is 35.1 Å². The Morgan fingerprint density at radius 3 is 3.12 bits per heavy atom. The molecule has 2 unspecified atom stereocenters. The van der Waals surface area contributed by atoms with Gasteiger partial charge in [0.2, 0.25) is 0 Å². The van der Waals surface area contributed by atoms with Crippen molar-refractivity contribution >= 4 is 0 Å². The van der Waals surface area contributed by atoms with E-state index in [0.717, 1.165) is 19.7 Å². The fourth-order valence-electron chi connectivity index (χ4n) is 2.21. The summed E-state index contributed by atoms with van der Waals surface area (Å²) in [6.07, 6.45) is 8.11. The van der Waals surface area contributed by atoms with E-state index in [2.05, 4.69) is 30.5 Å². The first-order chi connectivity index (χ1) is 8.24. The minimum atomic E-state index is 0.408. The van der Waals surface area contributed by atoms with Crippen molar-refractivity contribution in [3.05, 3.63) is 18.0 Å². The summed E-state index contributed by atoms with van der Waals surface area (Å²) < 4.78 is 7.69. The molecule has 0 saturated carbocycles. The Morgan fingerprint density at radius 1 is 1.59 bits per heavy atom. The Morgan fingerprint density at radius 2 is 2.47 bits per heavy atom. The van der Waals surface area contributed by atoms with Crippen molar-refractivity contribution in [1.29, 1.82) is 0 Å². The minimum absolute atomic E-state index is 0.408. The Hall–Kier alpha value is -0.870. The van der Waals surface area contributed by atoms with Crippen LogP contribution in [0.1, 0.15) is 31.7 Å². The van der Waals surface area contributed by atoms with Gasteiger partial charge < -0.3 is 10.1 Å². The van der Waals surface area contributed by atoms with Gasteiger partial charge in [-0.05, 0) is 38.7 Å². The standard InChI is InChI=1S/C13H23N3O/c1-11-7-15-16(9-11)10-12(2)14-8-13-5-3-4-6-17-13/h7,9,12-14H,3-6,8,10H2,1-2H3. The van der Waals surface area contributed by atoms with Gasteiger partial charge in [0.05, 0.1) is 18.8 Å². The molecule has 2 heterocycles. The van der Waals surface area contributed by atoms with Gasteiger partial charge in [-0.1, -0.05) is 0 Å². The van der Waals surface area contributed by atoms with Crippen LogP contribution in [0.3, 0.4) is 0 Å². The van der Waals surface area contributed by atoms with Crippen LogP contribution in [-0.2, 0) is 11.3 Å². The molecule has 0 aliphatic carbocycles. The zero-order valence-corrected chi connectivity index (χ0v) is 10.9. The van der Waals surface area contributed by atoms with E-state index in [0.29, 0.717) is 12.1 Å². The van der Waals surface area contributed by atoms with Crippen molar-refractivity contribution in [3.8, 4) is 0 Å². The molecular weight excluding hydrogens is 214 g/mol. The van der Waals surface area contributed by atoms with Crippen LogP contribution in [0.25, 0.3) is 0 Å². The summed E-state index contributed by atoms with van der Waals surface area (Å²) in [7, 11) is 0. The molecule has 1 fully saturated rings. The fourth-order valence-corrected chi connectivity index (χ4v) is 2.21. The zero-order chi connectivity index (χ0) is 12.1. The lowest BCUT2D eigenvalue weighted by atomic mass is 10.1. The van der Waals surface area contributed by atoms with Crippen LogP contribution >= 0.6 is 0 Å². The van der Waals surface area contributed by atoms with Gasteiger partial charge >= 0.3 is 0 Å². The quantitative estimate of drug-likeness (QED) is 0.848. The van der Waals surface area contributed by atoms with E-state index >= 15 is 0 Å². The number of aryl methyl sites for hydroxylation is 1. The highest BCUT2D eigenvalue weighted by molar-refractivity contribution is 4.99. The molecule has 1 saturated heterocycles. The van der Waals surface area contributed by atoms with Crippen LogP contribution < -0.4 is 5.32 Å². The van der Waals surface area contributed by atoms with Crippen molar-refractivity contribution in [3.63, 3.8) is 0 Å². The lowest BCUT2D eigenvalue weighted by molar-refractivity contribution is 0.0153. The van der Waals surface area contributed by atoms with Gasteiger partial charge in [0.25, 0.3) is 0 Å². The summed E-state index contributed by atoms with van der Waals surface area (Å²) in [6, 6.07) is 0.430. The average molecular weight is 237 g/mol. The van der Waals surface area contributed by atoms with Gasteiger partial charge in [-0.3, -0.25) is 4.68 Å². The van der Waals surface area contributed by atoms with E-state index in [1.54, 1.807) is 0 Å². The monoisotopic (exact) mass is 237 g/mol. The molecule has 1 aromatic heterocycles. The van der Waals surface area contributed by atoms with Crippen molar-refractivity contribution in [2.75, 3.05) is 13.2 Å². The second kappa shape index (κ2) is 6.17. The first-order valence-corrected chi connectivity index (χ1v) is 6.58. The third-order valence-electron chi connectivity index (χ3n) is 3.19. The van der Waals surface area contributed by atoms with Crippen LogP contribution in [0.5, 0.6) is 0 Å². The lowest BCUT2D eigenvalue weighted by Gasteiger charge is -2.24. The Bertz CT molecular complexity index is 331. The first kappa shape index (κ1) is 12.6. The van der Waals surface area contributed by atoms with Gasteiger partial charge in [-0.15, -0.1) is 0 Å². The molecule has 0 aromatic carbocycles. The van der Waals surface area contributed by atoms with E-state index in [-0.39, 0.29) is 0 Å². The summed E-state index contributed by atoms with van der Waals surface area (Å²) in [5.74, 6) is 0. The number of rotatable bonds is 5. The second-order valence-electron chi connectivity index (χ2n) is 5.04. The van der Waals surface area contributed by atoms with Gasteiger partial charge in [0, 0.05) is 25.4 Å². The minimum Gasteiger partial charge on any atom is -0.377 e. The topological polar surface area (TPSA) is 39.1 Å². The van der Waals surface area contributed by atoms with Gasteiger partial charge in [-0.25, -0.2) is 0 Å². The highest BCUT2D eigenvalue weighted by atomic mass is 16.5. The molecule has 2 atom stereocenters. The lowest BCUT2D eigenvalue weighted by Crippen LogP contribution is -2.38. The maximum absolute atomic E-state index is 5.70. The normalized spacial score (nSPS) is 22.6. The summed E-state index contributed by atoms with van der Waals surface area (Å²) in [4.78, 5) is 0. The summed E-state index contributed by atoms with van der Waals surface area (Å²) in [5.41, 5.74) is 1.22. The number of nitrogens with one attached hydrogen (secondary N) is 1. The van der Waals surface area contributed by atoms with Crippen LogP contribution in [0, 0.1) is 6.92 Å². The molecule has 0 amide bonds. The Labute approximate surface area is 103 Å². The third-order valence-corrected chi connectivity index (χ3v) is 3.19. The van der Waals surface area contributed by atoms with Crippen LogP contribution in [0.4, 0.5) is 0 Å². The SMILES string of the molecule is Cc1cnn(CC(C)NCC2CCCCO2)c1. The van der Waals surface area contributed by atoms with Crippen molar-refractivity contribution < 1.29 is 4.74 Å².